The highest BCUT2D eigenvalue weighted by Gasteiger charge is 2.49. The number of rotatable bonds is 4. The molecule has 6 rings (SSSR count). The summed E-state index contributed by atoms with van der Waals surface area (Å²) in [4.78, 5) is 41.8. The van der Waals surface area contributed by atoms with E-state index in [2.05, 4.69) is 21.2 Å². The molecule has 0 aromatic carbocycles. The van der Waals surface area contributed by atoms with Crippen molar-refractivity contribution in [3.05, 3.63) is 48.7 Å². The fourth-order valence-electron chi connectivity index (χ4n) is 5.98. The molecule has 1 atom stereocenters. The van der Waals surface area contributed by atoms with Gasteiger partial charge in [-0.3, -0.25) is 14.4 Å². The molecule has 0 aliphatic carbocycles. The van der Waals surface area contributed by atoms with E-state index in [0.717, 1.165) is 23.4 Å². The molecule has 2 amide bonds. The Labute approximate surface area is 255 Å². The molecule has 0 bridgehead atoms. The molecule has 44 heavy (non-hydrogen) atoms. The van der Waals surface area contributed by atoms with Crippen molar-refractivity contribution in [2.75, 3.05) is 37.6 Å². The van der Waals surface area contributed by atoms with E-state index in [1.165, 1.54) is 6.20 Å². The van der Waals surface area contributed by atoms with Gasteiger partial charge in [-0.15, -0.1) is 0 Å². The molecule has 13 heteroatoms. The predicted octanol–water partition coefficient (Wildman–Crippen LogP) is 3.50. The highest BCUT2D eigenvalue weighted by molar-refractivity contribution is 5.90. The van der Waals surface area contributed by atoms with Crippen molar-refractivity contribution in [1.82, 2.24) is 39.2 Å². The Bertz CT molecular complexity index is 1760. The summed E-state index contributed by atoms with van der Waals surface area (Å²) in [7, 11) is 1.84. The number of nitriles is 1. The minimum Gasteiger partial charge on any atom is -0.444 e. The average Bonchev–Trinajstić information content (AvgIpc) is 3.74. The largest absolute Gasteiger partial charge is 0.444 e. The summed E-state index contributed by atoms with van der Waals surface area (Å²) in [6.07, 6.45) is 9.63. The Kier molecular flexibility index (Phi) is 7.23. The van der Waals surface area contributed by atoms with E-state index in [0.29, 0.717) is 61.6 Å². The lowest BCUT2D eigenvalue weighted by atomic mass is 9.96. The van der Waals surface area contributed by atoms with Crippen molar-refractivity contribution in [2.24, 2.45) is 7.05 Å². The third-order valence-corrected chi connectivity index (χ3v) is 8.25. The number of carbonyl (C=O) groups excluding carboxylic acids is 2. The van der Waals surface area contributed by atoms with Crippen LogP contribution in [-0.2, 0) is 16.6 Å². The third-order valence-electron chi connectivity index (χ3n) is 8.25. The van der Waals surface area contributed by atoms with E-state index in [-0.39, 0.29) is 5.91 Å². The Balaban J connectivity index is 1.18. The van der Waals surface area contributed by atoms with Crippen LogP contribution in [0, 0.1) is 11.3 Å². The molecule has 0 spiro atoms. The van der Waals surface area contributed by atoms with Crippen molar-refractivity contribution in [2.45, 2.75) is 51.7 Å². The van der Waals surface area contributed by atoms with E-state index in [9.17, 15) is 14.9 Å². The van der Waals surface area contributed by atoms with Gasteiger partial charge in [-0.05, 0) is 52.7 Å². The van der Waals surface area contributed by atoms with Crippen molar-refractivity contribution in [3.63, 3.8) is 0 Å². The van der Waals surface area contributed by atoms with Gasteiger partial charge in [0.2, 0.25) is 5.91 Å². The number of nitrogens with zero attached hydrogens (tertiary/aromatic N) is 10. The van der Waals surface area contributed by atoms with E-state index in [1.54, 1.807) is 32.7 Å². The van der Waals surface area contributed by atoms with Crippen LogP contribution in [0.15, 0.2) is 43.1 Å². The van der Waals surface area contributed by atoms with Gasteiger partial charge in [-0.2, -0.15) is 15.5 Å². The molecule has 0 radical (unpaired) electrons. The van der Waals surface area contributed by atoms with Gasteiger partial charge < -0.3 is 14.5 Å². The molecule has 0 unspecified atom stereocenters. The van der Waals surface area contributed by atoms with Gasteiger partial charge >= 0.3 is 6.09 Å². The molecule has 0 N–H and O–H groups in total. The van der Waals surface area contributed by atoms with Gasteiger partial charge in [0.05, 0.1) is 30.0 Å². The minimum absolute atomic E-state index is 0.0403. The first kappa shape index (κ1) is 29.1. The van der Waals surface area contributed by atoms with Crippen LogP contribution in [0.25, 0.3) is 28.0 Å². The Hall–Kier alpha value is -4.99. The second kappa shape index (κ2) is 10.9. The lowest BCUT2D eigenvalue weighted by molar-refractivity contribution is -0.142. The summed E-state index contributed by atoms with van der Waals surface area (Å²) in [5.74, 6) is 0.748. The SMILES string of the molecule is Cn1cc(-c2cn3ncc(C#N)c3c(-c3ccc(N4CCN(C(=O)[C@@]5(C)CCCN5C(=O)OC(C)(C)C)CC4)nc3)n2)cn1. The fraction of sp³-hybridized carbons (Fsp3) is 0.452. The van der Waals surface area contributed by atoms with Crippen LogP contribution in [0.1, 0.15) is 46.1 Å². The number of aryl methyl sites for hydroxylation is 1. The number of piperazine rings is 1. The van der Waals surface area contributed by atoms with Gasteiger partial charge in [0.15, 0.2) is 0 Å². The van der Waals surface area contributed by atoms with Gasteiger partial charge in [0.25, 0.3) is 0 Å². The molecular weight excluding hydrogens is 560 g/mol. The van der Waals surface area contributed by atoms with E-state index < -0.39 is 17.2 Å². The van der Waals surface area contributed by atoms with Crippen molar-refractivity contribution >= 4 is 23.3 Å². The molecule has 228 valence electrons. The summed E-state index contributed by atoms with van der Waals surface area (Å²) in [5.41, 5.74) is 2.38. The molecular formula is C31H36N10O3. The smallest absolute Gasteiger partial charge is 0.411 e. The second-order valence-electron chi connectivity index (χ2n) is 12.5. The zero-order chi connectivity index (χ0) is 31.2. The van der Waals surface area contributed by atoms with Crippen LogP contribution in [0.4, 0.5) is 10.6 Å². The molecule has 0 saturated carbocycles. The van der Waals surface area contributed by atoms with Gasteiger partial charge in [-0.25, -0.2) is 19.3 Å². The second-order valence-corrected chi connectivity index (χ2v) is 12.5. The predicted molar refractivity (Wildman–Crippen MR) is 163 cm³/mol. The van der Waals surface area contributed by atoms with Crippen molar-refractivity contribution in [3.8, 4) is 28.6 Å². The monoisotopic (exact) mass is 596 g/mol. The van der Waals surface area contributed by atoms with Crippen LogP contribution in [0.5, 0.6) is 0 Å². The summed E-state index contributed by atoms with van der Waals surface area (Å²) in [6, 6.07) is 6.10. The summed E-state index contributed by atoms with van der Waals surface area (Å²) in [6.45, 7) is 10.1. The number of fused-ring (bicyclic) bond motifs is 1. The number of amides is 2. The van der Waals surface area contributed by atoms with Crippen molar-refractivity contribution in [1.29, 1.82) is 5.26 Å². The number of ether oxygens (including phenoxy) is 1. The topological polar surface area (TPSA) is 138 Å². The highest BCUT2D eigenvalue weighted by Crippen LogP contribution is 2.34. The third kappa shape index (κ3) is 5.32. The molecule has 4 aromatic heterocycles. The van der Waals surface area contributed by atoms with E-state index >= 15 is 0 Å². The maximum absolute atomic E-state index is 13.7. The number of anilines is 1. The number of likely N-dealkylation sites (tertiary alicyclic amines) is 1. The normalized spacial score (nSPS) is 19.0. The van der Waals surface area contributed by atoms with Gasteiger partial charge in [-0.1, -0.05) is 0 Å². The average molecular weight is 597 g/mol. The lowest BCUT2D eigenvalue weighted by Gasteiger charge is -2.42. The molecule has 13 nitrogen and oxygen atoms in total. The Morgan fingerprint density at radius 3 is 2.41 bits per heavy atom. The number of carbonyl (C=O) groups is 2. The quantitative estimate of drug-likeness (QED) is 0.346. The maximum Gasteiger partial charge on any atom is 0.411 e. The van der Waals surface area contributed by atoms with Crippen LogP contribution in [0.2, 0.25) is 0 Å². The Morgan fingerprint density at radius 1 is 1.00 bits per heavy atom. The van der Waals surface area contributed by atoms with E-state index in [1.807, 2.05) is 58.0 Å². The van der Waals surface area contributed by atoms with Gasteiger partial charge in [0.1, 0.15) is 34.1 Å². The van der Waals surface area contributed by atoms with Crippen LogP contribution in [0.3, 0.4) is 0 Å². The minimum atomic E-state index is -0.914. The summed E-state index contributed by atoms with van der Waals surface area (Å²) in [5, 5.41) is 18.3. The molecule has 2 saturated heterocycles. The first-order valence-electron chi connectivity index (χ1n) is 14.8. The van der Waals surface area contributed by atoms with Crippen molar-refractivity contribution < 1.29 is 14.3 Å². The maximum atomic E-state index is 13.7. The van der Waals surface area contributed by atoms with Crippen LogP contribution < -0.4 is 4.90 Å². The first-order chi connectivity index (χ1) is 21.0. The zero-order valence-corrected chi connectivity index (χ0v) is 25.7. The highest BCUT2D eigenvalue weighted by atomic mass is 16.6. The number of aromatic nitrogens is 6. The van der Waals surface area contributed by atoms with Gasteiger partial charge in [0, 0.05) is 63.3 Å². The summed E-state index contributed by atoms with van der Waals surface area (Å²) < 4.78 is 8.98. The molecule has 2 fully saturated rings. The number of hydrogen-bond acceptors (Lipinski definition) is 9. The van der Waals surface area contributed by atoms with Crippen LogP contribution in [-0.4, -0.2) is 95.0 Å². The molecule has 4 aromatic rings. The lowest BCUT2D eigenvalue weighted by Crippen LogP contribution is -2.60. The molecule has 2 aliphatic rings. The fourth-order valence-corrected chi connectivity index (χ4v) is 5.98. The first-order valence-corrected chi connectivity index (χ1v) is 14.8. The summed E-state index contributed by atoms with van der Waals surface area (Å²) >= 11 is 0. The molecule has 6 heterocycles. The molecule has 2 aliphatic heterocycles. The number of pyridine rings is 1. The number of hydrogen-bond donors (Lipinski definition) is 0. The standard InChI is InChI=1S/C31H36N10O3/c1-30(2,3)44-29(43)40-10-6-9-31(40,4)28(42)39-13-11-38(12-14-39)25-8-7-21(16-33-25)26-27-22(15-32)17-35-41(27)20-24(36-26)23-18-34-37(5)19-23/h7-8,16-20H,6,9-14H2,1-5H3/t31-/m1/s1. The zero-order valence-electron chi connectivity index (χ0n) is 25.7. The Morgan fingerprint density at radius 2 is 1.77 bits per heavy atom. The van der Waals surface area contributed by atoms with E-state index in [4.69, 9.17) is 14.7 Å². The van der Waals surface area contributed by atoms with Crippen LogP contribution >= 0.6 is 0 Å².